The van der Waals surface area contributed by atoms with Crippen molar-refractivity contribution >= 4 is 55.7 Å². The van der Waals surface area contributed by atoms with Gasteiger partial charge in [-0.2, -0.15) is 0 Å². The monoisotopic (exact) mass is 349 g/mol. The fourth-order valence-electron chi connectivity index (χ4n) is 1.97. The van der Waals surface area contributed by atoms with Gasteiger partial charge in [-0.05, 0) is 68.3 Å². The van der Waals surface area contributed by atoms with Crippen LogP contribution in [0.1, 0.15) is 5.56 Å². The molecule has 0 bridgehead atoms. The van der Waals surface area contributed by atoms with Crippen molar-refractivity contribution in [3.8, 4) is 5.75 Å². The molecule has 0 aliphatic carbocycles. The van der Waals surface area contributed by atoms with Gasteiger partial charge in [0, 0.05) is 4.47 Å². The number of nitrogens with one attached hydrogen (secondary N) is 1. The highest BCUT2D eigenvalue weighted by Crippen LogP contribution is 2.33. The zero-order valence-corrected chi connectivity index (χ0v) is 12.4. The van der Waals surface area contributed by atoms with Crippen LogP contribution in [0.15, 0.2) is 39.7 Å². The lowest BCUT2D eigenvalue weighted by molar-refractivity contribution is -0.115. The largest absolute Gasteiger partial charge is 0.508 e. The first-order valence-electron chi connectivity index (χ1n) is 5.71. The van der Waals surface area contributed by atoms with Crippen LogP contribution in [-0.2, 0) is 4.79 Å². The maximum Gasteiger partial charge on any atom is 0.290 e. The Balaban J connectivity index is 2.11. The van der Waals surface area contributed by atoms with E-state index in [1.165, 1.54) is 0 Å². The van der Waals surface area contributed by atoms with Gasteiger partial charge in [-0.15, -0.1) is 0 Å². The number of thioether (sulfide) groups is 1. The number of carbonyl (C=O) groups is 2. The number of halogens is 1. The summed E-state index contributed by atoms with van der Waals surface area (Å²) in [5, 5.41) is 13.1. The topological polar surface area (TPSA) is 66.4 Å². The van der Waals surface area contributed by atoms with Crippen LogP contribution < -0.4 is 5.32 Å². The Morgan fingerprint density at radius 2 is 2.00 bits per heavy atom. The number of fused-ring (bicyclic) bond motifs is 1. The molecule has 2 N–H and O–H groups in total. The number of rotatable bonds is 1. The van der Waals surface area contributed by atoms with Crippen molar-refractivity contribution in [3.05, 3.63) is 45.3 Å². The number of amides is 2. The summed E-state index contributed by atoms with van der Waals surface area (Å²) in [6.45, 7) is 0. The number of hydrogen-bond donors (Lipinski definition) is 2. The molecule has 0 unspecified atom stereocenters. The Morgan fingerprint density at radius 3 is 2.70 bits per heavy atom. The average Bonchev–Trinajstić information content (AvgIpc) is 2.71. The quantitative estimate of drug-likeness (QED) is 0.771. The van der Waals surface area contributed by atoms with Crippen LogP contribution in [0.4, 0.5) is 4.79 Å². The van der Waals surface area contributed by atoms with Crippen LogP contribution in [0, 0.1) is 0 Å². The van der Waals surface area contributed by atoms with Crippen LogP contribution in [0.2, 0.25) is 0 Å². The second-order valence-corrected chi connectivity index (χ2v) is 6.03. The molecule has 0 aromatic heterocycles. The molecule has 6 heteroatoms. The number of carbonyl (C=O) groups excluding carboxylic acids is 2. The summed E-state index contributed by atoms with van der Waals surface area (Å²) >= 11 is 4.38. The molecular weight excluding hydrogens is 342 g/mol. The highest BCUT2D eigenvalue weighted by molar-refractivity contribution is 9.10. The summed E-state index contributed by atoms with van der Waals surface area (Å²) in [5.41, 5.74) is 0.801. The molecule has 1 aliphatic heterocycles. The van der Waals surface area contributed by atoms with E-state index in [9.17, 15) is 14.7 Å². The zero-order valence-electron chi connectivity index (χ0n) is 10.0. The van der Waals surface area contributed by atoms with Gasteiger partial charge in [-0.3, -0.25) is 14.9 Å². The number of imide groups is 1. The first-order chi connectivity index (χ1) is 9.54. The minimum Gasteiger partial charge on any atom is -0.508 e. The van der Waals surface area contributed by atoms with Crippen LogP contribution in [0.5, 0.6) is 5.75 Å². The normalized spacial score (nSPS) is 16.9. The van der Waals surface area contributed by atoms with Crippen molar-refractivity contribution < 1.29 is 14.7 Å². The van der Waals surface area contributed by atoms with E-state index in [2.05, 4.69) is 21.2 Å². The van der Waals surface area contributed by atoms with Gasteiger partial charge < -0.3 is 5.11 Å². The molecule has 20 heavy (non-hydrogen) atoms. The fourth-order valence-corrected chi connectivity index (χ4v) is 3.25. The van der Waals surface area contributed by atoms with Gasteiger partial charge in [0.25, 0.3) is 11.1 Å². The highest BCUT2D eigenvalue weighted by Gasteiger charge is 2.25. The summed E-state index contributed by atoms with van der Waals surface area (Å²) in [6.07, 6.45) is 1.67. The molecule has 2 amide bonds. The van der Waals surface area contributed by atoms with Crippen molar-refractivity contribution in [1.29, 1.82) is 0 Å². The maximum absolute atomic E-state index is 11.5. The van der Waals surface area contributed by atoms with E-state index < -0.39 is 0 Å². The van der Waals surface area contributed by atoms with E-state index in [-0.39, 0.29) is 16.9 Å². The van der Waals surface area contributed by atoms with Crippen LogP contribution in [0.3, 0.4) is 0 Å². The zero-order chi connectivity index (χ0) is 14.3. The molecule has 1 heterocycles. The van der Waals surface area contributed by atoms with Crippen molar-refractivity contribution in [2.45, 2.75) is 0 Å². The molecule has 0 saturated carbocycles. The van der Waals surface area contributed by atoms with E-state index in [1.54, 1.807) is 24.3 Å². The third-order valence-electron chi connectivity index (χ3n) is 2.90. The molecule has 100 valence electrons. The van der Waals surface area contributed by atoms with E-state index in [4.69, 9.17) is 0 Å². The van der Waals surface area contributed by atoms with E-state index in [0.29, 0.717) is 4.91 Å². The Morgan fingerprint density at radius 1 is 1.20 bits per heavy atom. The molecule has 1 saturated heterocycles. The van der Waals surface area contributed by atoms with Gasteiger partial charge in [-0.1, -0.05) is 12.1 Å². The van der Waals surface area contributed by atoms with Crippen LogP contribution in [0.25, 0.3) is 16.8 Å². The first-order valence-corrected chi connectivity index (χ1v) is 7.31. The van der Waals surface area contributed by atoms with Crippen LogP contribution in [-0.4, -0.2) is 16.3 Å². The fraction of sp³-hybridized carbons (Fsp3) is 0. The second-order valence-electron chi connectivity index (χ2n) is 4.23. The molecule has 0 spiro atoms. The Bertz CT molecular complexity index is 785. The number of hydrogen-bond acceptors (Lipinski definition) is 4. The van der Waals surface area contributed by atoms with Crippen molar-refractivity contribution in [2.75, 3.05) is 0 Å². The minimum atomic E-state index is -0.377. The van der Waals surface area contributed by atoms with Gasteiger partial charge in [0.2, 0.25) is 0 Å². The summed E-state index contributed by atoms with van der Waals surface area (Å²) < 4.78 is 0.815. The molecular formula is C14H8BrNO3S. The van der Waals surface area contributed by atoms with Gasteiger partial charge >= 0.3 is 0 Å². The third-order valence-corrected chi connectivity index (χ3v) is 4.59. The van der Waals surface area contributed by atoms with E-state index in [0.717, 1.165) is 32.6 Å². The Hall–Kier alpha value is -1.79. The highest BCUT2D eigenvalue weighted by atomic mass is 79.9. The molecule has 2 aromatic rings. The molecule has 0 radical (unpaired) electrons. The summed E-state index contributed by atoms with van der Waals surface area (Å²) in [5.74, 6) is -0.176. The Labute approximate surface area is 127 Å². The predicted molar refractivity (Wildman–Crippen MR) is 82.4 cm³/mol. The van der Waals surface area contributed by atoms with Crippen LogP contribution >= 0.6 is 27.7 Å². The van der Waals surface area contributed by atoms with Crippen molar-refractivity contribution in [3.63, 3.8) is 0 Å². The Kier molecular flexibility index (Phi) is 3.27. The standard InChI is InChI=1S/C14H8BrNO3S/c15-12-8(6-11-13(18)16-14(19)20-11)2-1-7-5-9(17)3-4-10(7)12/h1-6,17H,(H,16,18,19). The minimum absolute atomic E-state index is 0.201. The van der Waals surface area contributed by atoms with E-state index in [1.807, 2.05) is 12.1 Å². The molecule has 1 aliphatic rings. The smallest absolute Gasteiger partial charge is 0.290 e. The molecule has 4 nitrogen and oxygen atoms in total. The number of phenols is 1. The third kappa shape index (κ3) is 2.32. The first kappa shape index (κ1) is 13.2. The average molecular weight is 350 g/mol. The van der Waals surface area contributed by atoms with Gasteiger partial charge in [0.1, 0.15) is 5.75 Å². The lowest BCUT2D eigenvalue weighted by atomic mass is 10.1. The lowest BCUT2D eigenvalue weighted by Gasteiger charge is -2.05. The lowest BCUT2D eigenvalue weighted by Crippen LogP contribution is -2.17. The number of benzene rings is 2. The molecule has 3 rings (SSSR count). The van der Waals surface area contributed by atoms with Crippen molar-refractivity contribution in [2.24, 2.45) is 0 Å². The number of phenolic OH excluding ortho intramolecular Hbond substituents is 1. The molecule has 2 aromatic carbocycles. The van der Waals surface area contributed by atoms with E-state index >= 15 is 0 Å². The molecule has 1 fully saturated rings. The van der Waals surface area contributed by atoms with Gasteiger partial charge in [0.05, 0.1) is 4.91 Å². The summed E-state index contributed by atoms with van der Waals surface area (Å²) in [4.78, 5) is 23.0. The summed E-state index contributed by atoms with van der Waals surface area (Å²) in [7, 11) is 0. The summed E-state index contributed by atoms with van der Waals surface area (Å²) in [6, 6.07) is 8.74. The van der Waals surface area contributed by atoms with Gasteiger partial charge in [0.15, 0.2) is 0 Å². The predicted octanol–water partition coefficient (Wildman–Crippen LogP) is 3.63. The number of aromatic hydroxyl groups is 1. The molecule has 0 atom stereocenters. The SMILES string of the molecule is O=C1NC(=O)C(=Cc2ccc3cc(O)ccc3c2Br)S1. The maximum atomic E-state index is 11.5. The van der Waals surface area contributed by atoms with Crippen molar-refractivity contribution in [1.82, 2.24) is 5.32 Å². The second kappa shape index (κ2) is 4.96. The van der Waals surface area contributed by atoms with Gasteiger partial charge in [-0.25, -0.2) is 0 Å².